The molecule has 0 saturated heterocycles. The number of methoxy groups -OCH3 is 1. The molecule has 0 heterocycles. The van der Waals surface area contributed by atoms with Crippen LogP contribution in [-0.2, 0) is 17.8 Å². The number of phenols is 1. The topological polar surface area (TPSA) is 58.6 Å². The van der Waals surface area contributed by atoms with E-state index < -0.39 is 0 Å². The molecule has 2 N–H and O–H groups in total. The Morgan fingerprint density at radius 2 is 1.71 bits per heavy atom. The number of esters is 1. The number of carbonyl (C=O) groups is 1. The highest BCUT2D eigenvalue weighted by molar-refractivity contribution is 5.90. The Labute approximate surface area is 124 Å². The zero-order valence-corrected chi connectivity index (χ0v) is 12.2. The molecule has 2 aromatic rings. The van der Waals surface area contributed by atoms with Crippen molar-refractivity contribution < 1.29 is 14.6 Å². The minimum absolute atomic E-state index is 0.271. The van der Waals surface area contributed by atoms with Crippen LogP contribution in [0.25, 0.3) is 0 Å². The van der Waals surface area contributed by atoms with E-state index in [1.165, 1.54) is 7.11 Å². The number of hydrogen-bond donors (Lipinski definition) is 2. The van der Waals surface area contributed by atoms with Crippen molar-refractivity contribution in [2.45, 2.75) is 20.0 Å². The van der Waals surface area contributed by atoms with Crippen LogP contribution in [0.1, 0.15) is 27.0 Å². The lowest BCUT2D eigenvalue weighted by molar-refractivity contribution is 0.0600. The van der Waals surface area contributed by atoms with Crippen LogP contribution in [0.3, 0.4) is 0 Å². The molecule has 21 heavy (non-hydrogen) atoms. The van der Waals surface area contributed by atoms with Gasteiger partial charge in [0.1, 0.15) is 5.75 Å². The lowest BCUT2D eigenvalue weighted by Gasteiger charge is -2.08. The van der Waals surface area contributed by atoms with Crippen LogP contribution in [0.4, 0.5) is 0 Å². The van der Waals surface area contributed by atoms with Crippen molar-refractivity contribution in [1.29, 1.82) is 0 Å². The van der Waals surface area contributed by atoms with Crippen LogP contribution in [-0.4, -0.2) is 18.2 Å². The monoisotopic (exact) mass is 285 g/mol. The Hall–Kier alpha value is -2.33. The lowest BCUT2D eigenvalue weighted by Crippen LogP contribution is -2.13. The van der Waals surface area contributed by atoms with Gasteiger partial charge in [0, 0.05) is 13.1 Å². The summed E-state index contributed by atoms with van der Waals surface area (Å²) in [7, 11) is 1.38. The third-order valence-corrected chi connectivity index (χ3v) is 3.29. The fourth-order valence-electron chi connectivity index (χ4n) is 2.14. The van der Waals surface area contributed by atoms with Crippen molar-refractivity contribution in [3.63, 3.8) is 0 Å². The van der Waals surface area contributed by atoms with Crippen molar-refractivity contribution in [1.82, 2.24) is 5.32 Å². The molecule has 0 unspecified atom stereocenters. The van der Waals surface area contributed by atoms with Crippen LogP contribution in [0.5, 0.6) is 5.75 Å². The summed E-state index contributed by atoms with van der Waals surface area (Å²) in [5.74, 6) is -0.0381. The second-order valence-electron chi connectivity index (χ2n) is 4.91. The number of nitrogens with one attached hydrogen (secondary N) is 1. The van der Waals surface area contributed by atoms with E-state index in [-0.39, 0.29) is 11.7 Å². The molecular formula is C17H19NO3. The average Bonchev–Trinajstić information content (AvgIpc) is 2.49. The molecule has 0 amide bonds. The fraction of sp³-hybridized carbons (Fsp3) is 0.235. The molecule has 2 aromatic carbocycles. The van der Waals surface area contributed by atoms with Crippen LogP contribution in [0, 0.1) is 6.92 Å². The van der Waals surface area contributed by atoms with E-state index in [9.17, 15) is 9.90 Å². The van der Waals surface area contributed by atoms with Gasteiger partial charge in [-0.2, -0.15) is 0 Å². The Balaban J connectivity index is 1.93. The maximum absolute atomic E-state index is 11.5. The molecule has 0 aliphatic carbocycles. The molecule has 0 spiro atoms. The van der Waals surface area contributed by atoms with E-state index in [1.54, 1.807) is 18.2 Å². The van der Waals surface area contributed by atoms with Crippen molar-refractivity contribution in [2.75, 3.05) is 7.11 Å². The van der Waals surface area contributed by atoms with Crippen LogP contribution in [0.2, 0.25) is 0 Å². The molecule has 0 fully saturated rings. The first kappa shape index (κ1) is 15.1. The maximum Gasteiger partial charge on any atom is 0.338 e. The van der Waals surface area contributed by atoms with E-state index >= 15 is 0 Å². The number of hydrogen-bond acceptors (Lipinski definition) is 4. The summed E-state index contributed by atoms with van der Waals surface area (Å²) in [6.45, 7) is 3.33. The Morgan fingerprint density at radius 1 is 1.10 bits per heavy atom. The molecule has 0 atom stereocenters. The van der Waals surface area contributed by atoms with Crippen LogP contribution < -0.4 is 5.32 Å². The van der Waals surface area contributed by atoms with Gasteiger partial charge in [-0.1, -0.05) is 24.3 Å². The first-order valence-electron chi connectivity index (χ1n) is 6.76. The number of benzene rings is 2. The number of phenolic OH excluding ortho intramolecular Hbond substituents is 1. The summed E-state index contributed by atoms with van der Waals surface area (Å²) in [6, 6.07) is 12.8. The first-order valence-corrected chi connectivity index (χ1v) is 6.76. The summed E-state index contributed by atoms with van der Waals surface area (Å²) >= 11 is 0. The maximum atomic E-state index is 11.5. The Morgan fingerprint density at radius 3 is 2.33 bits per heavy atom. The summed E-state index contributed by atoms with van der Waals surface area (Å²) in [6.07, 6.45) is 0. The van der Waals surface area contributed by atoms with Crippen molar-refractivity contribution in [2.24, 2.45) is 0 Å². The second-order valence-corrected chi connectivity index (χ2v) is 4.91. The normalized spacial score (nSPS) is 10.4. The van der Waals surface area contributed by atoms with Crippen molar-refractivity contribution in [3.8, 4) is 5.75 Å². The van der Waals surface area contributed by atoms with E-state index in [2.05, 4.69) is 5.32 Å². The summed E-state index contributed by atoms with van der Waals surface area (Å²) in [4.78, 5) is 11.5. The lowest BCUT2D eigenvalue weighted by atomic mass is 10.1. The van der Waals surface area contributed by atoms with Gasteiger partial charge in [0.25, 0.3) is 0 Å². The molecule has 4 heteroatoms. The van der Waals surface area contributed by atoms with Gasteiger partial charge in [-0.25, -0.2) is 4.79 Å². The predicted molar refractivity (Wildman–Crippen MR) is 81.2 cm³/mol. The quantitative estimate of drug-likeness (QED) is 0.829. The van der Waals surface area contributed by atoms with Crippen molar-refractivity contribution in [3.05, 3.63) is 64.7 Å². The average molecular weight is 285 g/mol. The molecular weight excluding hydrogens is 266 g/mol. The highest BCUT2D eigenvalue weighted by Gasteiger charge is 2.08. The number of aromatic hydroxyl groups is 1. The third-order valence-electron chi connectivity index (χ3n) is 3.29. The number of rotatable bonds is 5. The van der Waals surface area contributed by atoms with Gasteiger partial charge in [0.2, 0.25) is 0 Å². The molecule has 2 rings (SSSR count). The standard InChI is InChI=1S/C17H19NO3/c1-12-9-14(5-8-16(12)17(20)21-2)11-18-10-13-3-6-15(19)7-4-13/h3-9,18-19H,10-11H2,1-2H3. The Bertz CT molecular complexity index is 620. The minimum atomic E-state index is -0.309. The molecule has 110 valence electrons. The van der Waals surface area contributed by atoms with E-state index in [0.29, 0.717) is 12.1 Å². The predicted octanol–water partition coefficient (Wildman–Crippen LogP) is 2.78. The SMILES string of the molecule is COC(=O)c1ccc(CNCc2ccc(O)cc2)cc1C. The van der Waals surface area contributed by atoms with Gasteiger partial charge >= 0.3 is 5.97 Å². The highest BCUT2D eigenvalue weighted by Crippen LogP contribution is 2.13. The zero-order chi connectivity index (χ0) is 15.2. The zero-order valence-electron chi connectivity index (χ0n) is 12.2. The summed E-state index contributed by atoms with van der Waals surface area (Å²) < 4.78 is 4.73. The number of aryl methyl sites for hydroxylation is 1. The van der Waals surface area contributed by atoms with Crippen LogP contribution >= 0.6 is 0 Å². The third kappa shape index (κ3) is 4.07. The molecule has 0 radical (unpaired) electrons. The van der Waals surface area contributed by atoms with Gasteiger partial charge < -0.3 is 15.2 Å². The van der Waals surface area contributed by atoms with Gasteiger partial charge in [-0.15, -0.1) is 0 Å². The number of ether oxygens (including phenoxy) is 1. The smallest absolute Gasteiger partial charge is 0.338 e. The van der Waals surface area contributed by atoms with E-state index in [0.717, 1.165) is 23.2 Å². The van der Waals surface area contributed by atoms with E-state index in [1.807, 2.05) is 31.2 Å². The molecule has 0 aliphatic rings. The first-order chi connectivity index (χ1) is 10.1. The fourth-order valence-corrected chi connectivity index (χ4v) is 2.14. The molecule has 4 nitrogen and oxygen atoms in total. The molecule has 0 aliphatic heterocycles. The molecule has 0 bridgehead atoms. The highest BCUT2D eigenvalue weighted by atomic mass is 16.5. The summed E-state index contributed by atoms with van der Waals surface area (Å²) in [5, 5.41) is 12.6. The van der Waals surface area contributed by atoms with Gasteiger partial charge in [0.15, 0.2) is 0 Å². The Kier molecular flexibility index (Phi) is 4.95. The largest absolute Gasteiger partial charge is 0.508 e. The summed E-state index contributed by atoms with van der Waals surface area (Å²) in [5.41, 5.74) is 3.72. The second kappa shape index (κ2) is 6.90. The van der Waals surface area contributed by atoms with Crippen LogP contribution in [0.15, 0.2) is 42.5 Å². The van der Waals surface area contributed by atoms with Gasteiger partial charge in [-0.05, 0) is 41.8 Å². The number of carbonyl (C=O) groups excluding carboxylic acids is 1. The van der Waals surface area contributed by atoms with Crippen molar-refractivity contribution >= 4 is 5.97 Å². The molecule has 0 aromatic heterocycles. The minimum Gasteiger partial charge on any atom is -0.508 e. The molecule has 0 saturated carbocycles. The van der Waals surface area contributed by atoms with Gasteiger partial charge in [0.05, 0.1) is 12.7 Å². The van der Waals surface area contributed by atoms with Gasteiger partial charge in [-0.3, -0.25) is 0 Å². The van der Waals surface area contributed by atoms with E-state index in [4.69, 9.17) is 4.74 Å².